The van der Waals surface area contributed by atoms with Crippen LogP contribution < -0.4 is 5.43 Å². The molecule has 0 radical (unpaired) electrons. The predicted octanol–water partition coefficient (Wildman–Crippen LogP) is 3.75. The zero-order valence-electron chi connectivity index (χ0n) is 16.4. The number of non-ortho nitro benzene ring substituents is 2. The van der Waals surface area contributed by atoms with E-state index in [0.717, 1.165) is 0 Å². The molecule has 3 rings (SSSR count). The lowest BCUT2D eigenvalue weighted by atomic mass is 10.2. The van der Waals surface area contributed by atoms with Crippen molar-refractivity contribution in [2.24, 2.45) is 10.2 Å². The topological polar surface area (TPSA) is 154 Å². The van der Waals surface area contributed by atoms with Gasteiger partial charge in [0, 0.05) is 36.7 Å². The van der Waals surface area contributed by atoms with E-state index in [1.807, 2.05) is 0 Å². The zero-order chi connectivity index (χ0) is 22.8. The fraction of sp³-hybridized carbons (Fsp3) is 0. The summed E-state index contributed by atoms with van der Waals surface area (Å²) in [6.07, 6.45) is 10.9. The maximum atomic E-state index is 10.8. The third-order valence-corrected chi connectivity index (χ3v) is 3.87. The van der Waals surface area contributed by atoms with Crippen molar-refractivity contribution in [1.82, 2.24) is 14.9 Å². The van der Waals surface area contributed by atoms with Crippen LogP contribution in [0.25, 0.3) is 12.2 Å². The van der Waals surface area contributed by atoms with Gasteiger partial charge in [0.05, 0.1) is 9.85 Å². The van der Waals surface area contributed by atoms with E-state index in [1.54, 1.807) is 48.6 Å². The van der Waals surface area contributed by atoms with Gasteiger partial charge in [0.25, 0.3) is 17.3 Å². The van der Waals surface area contributed by atoms with Crippen molar-refractivity contribution in [2.45, 2.75) is 0 Å². The summed E-state index contributed by atoms with van der Waals surface area (Å²) in [5, 5.41) is 37.3. The van der Waals surface area contributed by atoms with Gasteiger partial charge in [0.2, 0.25) is 0 Å². The average molecular weight is 432 g/mol. The molecule has 0 aliphatic heterocycles. The number of nitrogens with one attached hydrogen (secondary N) is 1. The Morgan fingerprint density at radius 1 is 0.906 bits per heavy atom. The fourth-order valence-corrected chi connectivity index (χ4v) is 2.43. The Morgan fingerprint density at radius 3 is 2.09 bits per heavy atom. The van der Waals surface area contributed by atoms with Crippen molar-refractivity contribution in [1.29, 1.82) is 0 Å². The van der Waals surface area contributed by atoms with Crippen molar-refractivity contribution in [3.8, 4) is 0 Å². The summed E-state index contributed by atoms with van der Waals surface area (Å²) < 4.78 is 1.35. The van der Waals surface area contributed by atoms with E-state index in [0.29, 0.717) is 11.1 Å². The lowest BCUT2D eigenvalue weighted by molar-refractivity contribution is -0.385. The van der Waals surface area contributed by atoms with Crippen LogP contribution in [0, 0.1) is 20.2 Å². The number of aromatic nitrogens is 3. The number of nitro benzene ring substituents is 2. The Kier molecular flexibility index (Phi) is 7.25. The third-order valence-electron chi connectivity index (χ3n) is 3.87. The minimum absolute atomic E-state index is 0.00628. The van der Waals surface area contributed by atoms with Gasteiger partial charge in [0.15, 0.2) is 0 Å². The zero-order valence-corrected chi connectivity index (χ0v) is 16.4. The minimum Gasteiger partial charge on any atom is -0.258 e. The fourth-order valence-electron chi connectivity index (χ4n) is 2.43. The number of rotatable bonds is 9. The second kappa shape index (κ2) is 10.7. The average Bonchev–Trinajstić information content (AvgIpc) is 3.24. The molecule has 12 nitrogen and oxygen atoms in total. The van der Waals surface area contributed by atoms with Crippen molar-refractivity contribution < 1.29 is 9.85 Å². The number of hydrogen-bond donors (Lipinski definition) is 1. The molecule has 3 aromatic rings. The van der Waals surface area contributed by atoms with Crippen LogP contribution >= 0.6 is 0 Å². The third kappa shape index (κ3) is 6.25. The Balaban J connectivity index is 1.56. The number of nitro groups is 2. The van der Waals surface area contributed by atoms with E-state index in [-0.39, 0.29) is 17.3 Å². The Labute approximate surface area is 181 Å². The normalized spacial score (nSPS) is 11.8. The van der Waals surface area contributed by atoms with Gasteiger partial charge in [-0.1, -0.05) is 36.4 Å². The van der Waals surface area contributed by atoms with Crippen molar-refractivity contribution in [3.05, 3.63) is 98.4 Å². The monoisotopic (exact) mass is 432 g/mol. The first-order valence-corrected chi connectivity index (χ1v) is 9.08. The summed E-state index contributed by atoms with van der Waals surface area (Å²) in [7, 11) is 0. The molecule has 32 heavy (non-hydrogen) atoms. The lowest BCUT2D eigenvalue weighted by Crippen LogP contribution is -1.97. The predicted molar refractivity (Wildman–Crippen MR) is 120 cm³/mol. The van der Waals surface area contributed by atoms with Gasteiger partial charge in [-0.2, -0.15) is 14.9 Å². The molecule has 0 aliphatic rings. The number of hydrogen-bond acceptors (Lipinski definition) is 9. The first kappa shape index (κ1) is 21.7. The molecule has 160 valence electrons. The van der Waals surface area contributed by atoms with E-state index < -0.39 is 9.85 Å². The molecule has 0 bridgehead atoms. The highest BCUT2D eigenvalue weighted by atomic mass is 16.6. The van der Waals surface area contributed by atoms with E-state index in [1.165, 1.54) is 47.7 Å². The first-order chi connectivity index (χ1) is 15.5. The highest BCUT2D eigenvalue weighted by Gasteiger charge is 2.04. The van der Waals surface area contributed by atoms with Crippen LogP contribution in [0.15, 0.2) is 77.2 Å². The molecule has 12 heteroatoms. The van der Waals surface area contributed by atoms with Crippen LogP contribution in [-0.4, -0.2) is 37.1 Å². The van der Waals surface area contributed by atoms with Crippen molar-refractivity contribution in [2.75, 3.05) is 5.43 Å². The van der Waals surface area contributed by atoms with Gasteiger partial charge < -0.3 is 0 Å². The number of nitrogens with zero attached hydrogens (tertiary/aromatic N) is 7. The summed E-state index contributed by atoms with van der Waals surface area (Å²) >= 11 is 0. The van der Waals surface area contributed by atoms with Crippen molar-refractivity contribution >= 4 is 41.9 Å². The van der Waals surface area contributed by atoms with Gasteiger partial charge in [-0.05, 0) is 23.3 Å². The molecule has 0 fully saturated rings. The van der Waals surface area contributed by atoms with Crippen LogP contribution in [-0.2, 0) is 0 Å². The van der Waals surface area contributed by atoms with Crippen molar-refractivity contribution in [3.63, 3.8) is 0 Å². The first-order valence-electron chi connectivity index (χ1n) is 9.08. The summed E-state index contributed by atoms with van der Waals surface area (Å²) in [6, 6.07) is 12.4. The molecule has 0 unspecified atom stereocenters. The van der Waals surface area contributed by atoms with E-state index in [2.05, 4.69) is 25.8 Å². The molecule has 1 heterocycles. The van der Waals surface area contributed by atoms with Crippen LogP contribution in [0.3, 0.4) is 0 Å². The number of benzene rings is 2. The largest absolute Gasteiger partial charge is 0.270 e. The van der Waals surface area contributed by atoms with Gasteiger partial charge >= 0.3 is 0 Å². The van der Waals surface area contributed by atoms with Crippen LogP contribution in [0.5, 0.6) is 0 Å². The summed E-state index contributed by atoms with van der Waals surface area (Å²) in [6.45, 7) is 0. The number of allylic oxidation sites excluding steroid dienone is 2. The maximum absolute atomic E-state index is 10.8. The van der Waals surface area contributed by atoms with E-state index in [4.69, 9.17) is 0 Å². The minimum atomic E-state index is -0.459. The standard InChI is InChI=1S/C20H16N8O4/c29-27(30)18-9-1-5-16(13-18)7-3-11-21-24-20-25-22-15-26(20)23-12-4-8-17-6-2-10-19(14-17)28(31)32/h1-15H,(H,24,25)/b7-3+,8-4+,21-11-,23-12-. The van der Waals surface area contributed by atoms with Gasteiger partial charge in [-0.15, -0.1) is 10.2 Å². The maximum Gasteiger partial charge on any atom is 0.270 e. The smallest absolute Gasteiger partial charge is 0.258 e. The second-order valence-electron chi connectivity index (χ2n) is 6.08. The molecule has 1 aromatic heterocycles. The lowest BCUT2D eigenvalue weighted by Gasteiger charge is -1.97. The molecule has 0 amide bonds. The Hall–Kier alpha value is -5.00. The van der Waals surface area contributed by atoms with Crippen LogP contribution in [0.4, 0.5) is 17.3 Å². The van der Waals surface area contributed by atoms with Gasteiger partial charge in [0.1, 0.15) is 6.33 Å². The van der Waals surface area contributed by atoms with Crippen LogP contribution in [0.1, 0.15) is 11.1 Å². The Bertz CT molecular complexity index is 1230. The SMILES string of the molecule is O=[N+]([O-])c1cccc(/C=C/C=N\Nc2nncn2/N=C\C=C\c2cccc([N+](=O)[O-])c2)c1. The molecule has 0 spiro atoms. The molecule has 0 atom stereocenters. The molecular weight excluding hydrogens is 416 g/mol. The molecule has 2 aromatic carbocycles. The number of hydrazone groups is 1. The van der Waals surface area contributed by atoms with E-state index in [9.17, 15) is 20.2 Å². The highest BCUT2D eigenvalue weighted by Crippen LogP contribution is 2.14. The summed E-state index contributed by atoms with van der Waals surface area (Å²) in [5.41, 5.74) is 4.01. The summed E-state index contributed by atoms with van der Waals surface area (Å²) in [5.74, 6) is 0.255. The molecule has 1 N–H and O–H groups in total. The van der Waals surface area contributed by atoms with Gasteiger partial charge in [-0.25, -0.2) is 5.43 Å². The summed E-state index contributed by atoms with van der Waals surface area (Å²) in [4.78, 5) is 20.7. The molecule has 0 saturated carbocycles. The Morgan fingerprint density at radius 2 is 1.50 bits per heavy atom. The molecule has 0 aliphatic carbocycles. The molecule has 0 saturated heterocycles. The van der Waals surface area contributed by atoms with Gasteiger partial charge in [-0.3, -0.25) is 20.2 Å². The van der Waals surface area contributed by atoms with E-state index >= 15 is 0 Å². The molecular formula is C20H16N8O4. The van der Waals surface area contributed by atoms with Crippen LogP contribution in [0.2, 0.25) is 0 Å². The second-order valence-corrected chi connectivity index (χ2v) is 6.08. The highest BCUT2D eigenvalue weighted by molar-refractivity contribution is 5.79. The number of anilines is 1. The quantitative estimate of drug-likeness (QED) is 0.307.